The van der Waals surface area contributed by atoms with Crippen LogP contribution < -0.4 is 10.1 Å². The Hall–Kier alpha value is -1.86. The Balaban J connectivity index is 2.12. The fourth-order valence-corrected chi connectivity index (χ4v) is 3.34. The standard InChI is InChI=1S/C22H26Br2N2O3/c1-15(2)12-25-22(28)16(3)26(13-17-5-4-6-19(24)11-17)21(27)14-29-20-9-7-18(23)8-10-20/h4-11,15-16H,12-14H2,1-3H3,(H,25,28)/t16-/m1/s1. The van der Waals surface area contributed by atoms with Gasteiger partial charge >= 0.3 is 0 Å². The van der Waals surface area contributed by atoms with E-state index in [-0.39, 0.29) is 18.4 Å². The number of amides is 2. The first kappa shape index (κ1) is 23.4. The molecule has 0 aromatic heterocycles. The normalized spacial score (nSPS) is 11.8. The summed E-state index contributed by atoms with van der Waals surface area (Å²) in [6.07, 6.45) is 0. The number of carbonyl (C=O) groups excluding carboxylic acids is 2. The second-order valence-electron chi connectivity index (χ2n) is 7.21. The summed E-state index contributed by atoms with van der Waals surface area (Å²) in [7, 11) is 0. The van der Waals surface area contributed by atoms with E-state index in [4.69, 9.17) is 4.74 Å². The van der Waals surface area contributed by atoms with Gasteiger partial charge in [0.15, 0.2) is 6.61 Å². The average molecular weight is 526 g/mol. The van der Waals surface area contributed by atoms with Crippen LogP contribution in [0.4, 0.5) is 0 Å². The Morgan fingerprint density at radius 1 is 1.03 bits per heavy atom. The molecule has 2 aromatic rings. The third-order valence-corrected chi connectivity index (χ3v) is 5.29. The fourth-order valence-electron chi connectivity index (χ4n) is 2.63. The summed E-state index contributed by atoms with van der Waals surface area (Å²) in [6.45, 7) is 6.54. The highest BCUT2D eigenvalue weighted by Crippen LogP contribution is 2.18. The van der Waals surface area contributed by atoms with Crippen LogP contribution in [0, 0.1) is 5.92 Å². The minimum absolute atomic E-state index is 0.141. The van der Waals surface area contributed by atoms with E-state index < -0.39 is 6.04 Å². The molecule has 1 atom stereocenters. The molecule has 29 heavy (non-hydrogen) atoms. The van der Waals surface area contributed by atoms with Gasteiger partial charge in [0.2, 0.25) is 5.91 Å². The Kier molecular flexibility index (Phi) is 9.17. The second-order valence-corrected chi connectivity index (χ2v) is 9.04. The van der Waals surface area contributed by atoms with Crippen LogP contribution in [0.25, 0.3) is 0 Å². The van der Waals surface area contributed by atoms with Crippen LogP contribution in [0.2, 0.25) is 0 Å². The summed E-state index contributed by atoms with van der Waals surface area (Å²) in [5.41, 5.74) is 0.930. The zero-order valence-electron chi connectivity index (χ0n) is 16.8. The first-order valence-electron chi connectivity index (χ1n) is 9.46. The molecule has 0 saturated heterocycles. The van der Waals surface area contributed by atoms with Crippen molar-refractivity contribution in [3.05, 3.63) is 63.0 Å². The number of hydrogen-bond acceptors (Lipinski definition) is 3. The molecule has 156 valence electrons. The number of ether oxygens (including phenoxy) is 1. The topological polar surface area (TPSA) is 58.6 Å². The predicted octanol–water partition coefficient (Wildman–Crippen LogP) is 4.78. The van der Waals surface area contributed by atoms with E-state index >= 15 is 0 Å². The molecule has 0 saturated carbocycles. The van der Waals surface area contributed by atoms with Crippen LogP contribution in [0.15, 0.2) is 57.5 Å². The molecule has 2 amide bonds. The Morgan fingerprint density at radius 3 is 2.34 bits per heavy atom. The van der Waals surface area contributed by atoms with Gasteiger partial charge in [-0.15, -0.1) is 0 Å². The maximum absolute atomic E-state index is 13.0. The summed E-state index contributed by atoms with van der Waals surface area (Å²) < 4.78 is 7.50. The first-order chi connectivity index (χ1) is 13.8. The number of nitrogens with one attached hydrogen (secondary N) is 1. The molecule has 0 aliphatic rings. The highest BCUT2D eigenvalue weighted by atomic mass is 79.9. The van der Waals surface area contributed by atoms with E-state index in [0.717, 1.165) is 14.5 Å². The largest absolute Gasteiger partial charge is 0.484 e. The van der Waals surface area contributed by atoms with Gasteiger partial charge in [-0.1, -0.05) is 57.8 Å². The van der Waals surface area contributed by atoms with Gasteiger partial charge in [0, 0.05) is 22.0 Å². The van der Waals surface area contributed by atoms with E-state index in [0.29, 0.717) is 24.8 Å². The molecule has 1 N–H and O–H groups in total. The lowest BCUT2D eigenvalue weighted by atomic mass is 10.1. The lowest BCUT2D eigenvalue weighted by molar-refractivity contribution is -0.142. The summed E-state index contributed by atoms with van der Waals surface area (Å²) in [6, 6.07) is 14.4. The van der Waals surface area contributed by atoms with Gasteiger partial charge in [0.1, 0.15) is 11.8 Å². The van der Waals surface area contributed by atoms with Crippen LogP contribution in [-0.2, 0) is 16.1 Å². The van der Waals surface area contributed by atoms with Crippen LogP contribution in [-0.4, -0.2) is 35.9 Å². The van der Waals surface area contributed by atoms with E-state index in [9.17, 15) is 9.59 Å². The fraction of sp³-hybridized carbons (Fsp3) is 0.364. The SMILES string of the molecule is CC(C)CNC(=O)[C@@H](C)N(Cc1cccc(Br)c1)C(=O)COc1ccc(Br)cc1. The van der Waals surface area contributed by atoms with E-state index in [1.165, 1.54) is 0 Å². The number of halogens is 2. The van der Waals surface area contributed by atoms with E-state index in [1.54, 1.807) is 24.0 Å². The maximum atomic E-state index is 13.0. The molecule has 7 heteroatoms. The molecule has 0 aliphatic carbocycles. The molecule has 5 nitrogen and oxygen atoms in total. The molecular formula is C22H26Br2N2O3. The van der Waals surface area contributed by atoms with Gasteiger partial charge in [-0.2, -0.15) is 0 Å². The van der Waals surface area contributed by atoms with Gasteiger partial charge in [-0.05, 0) is 54.8 Å². The quantitative estimate of drug-likeness (QED) is 0.512. The van der Waals surface area contributed by atoms with Crippen molar-refractivity contribution in [2.45, 2.75) is 33.4 Å². The summed E-state index contributed by atoms with van der Waals surface area (Å²) in [5.74, 6) is 0.507. The number of hydrogen-bond donors (Lipinski definition) is 1. The van der Waals surface area contributed by atoms with Crippen molar-refractivity contribution >= 4 is 43.7 Å². The van der Waals surface area contributed by atoms with E-state index in [1.807, 2.05) is 50.2 Å². The zero-order valence-corrected chi connectivity index (χ0v) is 20.0. The Labute approximate surface area is 189 Å². The van der Waals surface area contributed by atoms with Gasteiger partial charge in [-0.25, -0.2) is 0 Å². The number of nitrogens with zero attached hydrogens (tertiary/aromatic N) is 1. The van der Waals surface area contributed by atoms with Crippen LogP contribution >= 0.6 is 31.9 Å². The predicted molar refractivity (Wildman–Crippen MR) is 122 cm³/mol. The first-order valence-corrected chi connectivity index (χ1v) is 11.0. The number of benzene rings is 2. The number of rotatable bonds is 9. The van der Waals surface area contributed by atoms with Gasteiger partial charge in [-0.3, -0.25) is 9.59 Å². The van der Waals surface area contributed by atoms with Crippen molar-refractivity contribution in [3.8, 4) is 5.75 Å². The smallest absolute Gasteiger partial charge is 0.261 e. The molecule has 0 radical (unpaired) electrons. The zero-order chi connectivity index (χ0) is 21.4. The molecular weight excluding hydrogens is 500 g/mol. The van der Waals surface area contributed by atoms with Crippen molar-refractivity contribution in [2.24, 2.45) is 5.92 Å². The van der Waals surface area contributed by atoms with Gasteiger partial charge in [0.05, 0.1) is 0 Å². The Morgan fingerprint density at radius 2 is 1.72 bits per heavy atom. The molecule has 2 rings (SSSR count). The van der Waals surface area contributed by atoms with Crippen LogP contribution in [0.5, 0.6) is 5.75 Å². The van der Waals surface area contributed by atoms with Crippen molar-refractivity contribution in [1.82, 2.24) is 10.2 Å². The molecule has 2 aromatic carbocycles. The van der Waals surface area contributed by atoms with Crippen molar-refractivity contribution in [3.63, 3.8) is 0 Å². The van der Waals surface area contributed by atoms with Gasteiger partial charge in [0.25, 0.3) is 5.91 Å². The lowest BCUT2D eigenvalue weighted by Gasteiger charge is -2.29. The lowest BCUT2D eigenvalue weighted by Crippen LogP contribution is -2.49. The average Bonchev–Trinajstić information content (AvgIpc) is 2.69. The molecule has 0 aliphatic heterocycles. The molecule has 0 bridgehead atoms. The summed E-state index contributed by atoms with van der Waals surface area (Å²) >= 11 is 6.82. The van der Waals surface area contributed by atoms with Crippen molar-refractivity contribution in [2.75, 3.05) is 13.2 Å². The minimum Gasteiger partial charge on any atom is -0.484 e. The molecule has 0 unspecified atom stereocenters. The molecule has 0 heterocycles. The Bertz CT molecular complexity index is 825. The van der Waals surface area contributed by atoms with Gasteiger partial charge < -0.3 is 15.0 Å². The third kappa shape index (κ3) is 7.82. The van der Waals surface area contributed by atoms with Crippen molar-refractivity contribution < 1.29 is 14.3 Å². The highest BCUT2D eigenvalue weighted by Gasteiger charge is 2.26. The summed E-state index contributed by atoms with van der Waals surface area (Å²) in [5, 5.41) is 2.91. The van der Waals surface area contributed by atoms with Crippen molar-refractivity contribution in [1.29, 1.82) is 0 Å². The maximum Gasteiger partial charge on any atom is 0.261 e. The number of carbonyl (C=O) groups is 2. The van der Waals surface area contributed by atoms with Crippen LogP contribution in [0.1, 0.15) is 26.3 Å². The minimum atomic E-state index is -0.617. The molecule has 0 spiro atoms. The van der Waals surface area contributed by atoms with Crippen LogP contribution in [0.3, 0.4) is 0 Å². The monoisotopic (exact) mass is 524 g/mol. The second kappa shape index (κ2) is 11.4. The van der Waals surface area contributed by atoms with E-state index in [2.05, 4.69) is 37.2 Å². The molecule has 0 fully saturated rings. The highest BCUT2D eigenvalue weighted by molar-refractivity contribution is 9.10. The summed E-state index contributed by atoms with van der Waals surface area (Å²) in [4.78, 5) is 27.1. The third-order valence-electron chi connectivity index (χ3n) is 4.27.